The van der Waals surface area contributed by atoms with Crippen LogP contribution in [0.25, 0.3) is 0 Å². The van der Waals surface area contributed by atoms with Gasteiger partial charge in [0.25, 0.3) is 0 Å². The van der Waals surface area contributed by atoms with Gasteiger partial charge in [-0.05, 0) is 55.2 Å². The minimum atomic E-state index is -0.443. The second kappa shape index (κ2) is 9.26. The number of hydrogen-bond acceptors (Lipinski definition) is 4. The molecular formula is C23H28O4. The molecule has 0 aliphatic carbocycles. The van der Waals surface area contributed by atoms with Crippen molar-refractivity contribution in [1.29, 1.82) is 0 Å². The molecule has 0 heterocycles. The minimum absolute atomic E-state index is 0.259. The first-order chi connectivity index (χ1) is 12.8. The van der Waals surface area contributed by atoms with Gasteiger partial charge in [-0.25, -0.2) is 4.79 Å². The summed E-state index contributed by atoms with van der Waals surface area (Å²) >= 11 is 0. The first kappa shape index (κ1) is 20.6. The van der Waals surface area contributed by atoms with Crippen molar-refractivity contribution in [3.05, 3.63) is 71.3 Å². The molecule has 0 N–H and O–H groups in total. The molecule has 0 fully saturated rings. The van der Waals surface area contributed by atoms with Gasteiger partial charge in [0.2, 0.25) is 0 Å². The van der Waals surface area contributed by atoms with Gasteiger partial charge in [0.1, 0.15) is 24.2 Å². The molecule has 0 bridgehead atoms. The monoisotopic (exact) mass is 368 g/mol. The molecule has 144 valence electrons. The predicted molar refractivity (Wildman–Crippen MR) is 108 cm³/mol. The van der Waals surface area contributed by atoms with Gasteiger partial charge >= 0.3 is 5.97 Å². The molecule has 0 aliphatic heterocycles. The van der Waals surface area contributed by atoms with Crippen molar-refractivity contribution >= 4 is 5.97 Å². The number of aryl methyl sites for hydroxylation is 2. The fraction of sp³-hybridized carbons (Fsp3) is 0.348. The van der Waals surface area contributed by atoms with Gasteiger partial charge < -0.3 is 14.2 Å². The van der Waals surface area contributed by atoms with Gasteiger partial charge in [-0.2, -0.15) is 0 Å². The zero-order chi connectivity index (χ0) is 20.0. The zero-order valence-electron chi connectivity index (χ0n) is 16.7. The van der Waals surface area contributed by atoms with E-state index in [-0.39, 0.29) is 12.0 Å². The van der Waals surface area contributed by atoms with Crippen LogP contribution in [0.3, 0.4) is 0 Å². The summed E-state index contributed by atoms with van der Waals surface area (Å²) in [6, 6.07) is 12.5. The summed E-state index contributed by atoms with van der Waals surface area (Å²) < 4.78 is 16.3. The highest BCUT2D eigenvalue weighted by Crippen LogP contribution is 2.30. The highest BCUT2D eigenvalue weighted by Gasteiger charge is 2.13. The molecule has 0 aliphatic rings. The number of benzene rings is 2. The second-order valence-electron chi connectivity index (χ2n) is 6.74. The van der Waals surface area contributed by atoms with E-state index >= 15 is 0 Å². The van der Waals surface area contributed by atoms with Crippen LogP contribution < -0.4 is 9.47 Å². The van der Waals surface area contributed by atoms with Crippen LogP contribution in [0.5, 0.6) is 11.5 Å². The summed E-state index contributed by atoms with van der Waals surface area (Å²) in [6.07, 6.45) is 0.814. The van der Waals surface area contributed by atoms with Crippen LogP contribution in [-0.4, -0.2) is 25.8 Å². The summed E-state index contributed by atoms with van der Waals surface area (Å²) in [4.78, 5) is 11.2. The van der Waals surface area contributed by atoms with Crippen LogP contribution in [-0.2, 0) is 9.53 Å². The predicted octanol–water partition coefficient (Wildman–Crippen LogP) is 4.96. The molecule has 0 saturated heterocycles. The summed E-state index contributed by atoms with van der Waals surface area (Å²) in [5, 5.41) is 0. The number of carbonyl (C=O) groups is 1. The number of esters is 1. The molecule has 0 radical (unpaired) electrons. The molecule has 2 rings (SSSR count). The molecule has 4 heteroatoms. The average molecular weight is 368 g/mol. The van der Waals surface area contributed by atoms with E-state index in [1.165, 1.54) is 11.1 Å². The normalized spacial score (nSPS) is 12.8. The zero-order valence-corrected chi connectivity index (χ0v) is 16.7. The van der Waals surface area contributed by atoms with E-state index in [4.69, 9.17) is 14.2 Å². The van der Waals surface area contributed by atoms with Gasteiger partial charge in [0.05, 0.1) is 7.11 Å². The fourth-order valence-corrected chi connectivity index (χ4v) is 2.95. The summed E-state index contributed by atoms with van der Waals surface area (Å²) in [7, 11) is 1.69. The van der Waals surface area contributed by atoms with Crippen molar-refractivity contribution < 1.29 is 19.0 Å². The van der Waals surface area contributed by atoms with E-state index in [2.05, 4.69) is 44.7 Å². The smallest absolute Gasteiger partial charge is 0.330 e. The largest absolute Gasteiger partial charge is 0.496 e. The molecule has 0 spiro atoms. The van der Waals surface area contributed by atoms with E-state index in [1.807, 2.05) is 19.1 Å². The third kappa shape index (κ3) is 5.36. The molecule has 0 amide bonds. The van der Waals surface area contributed by atoms with Crippen LogP contribution in [0.1, 0.15) is 42.0 Å². The number of carbonyl (C=O) groups excluding carboxylic acids is 1. The highest BCUT2D eigenvalue weighted by molar-refractivity contribution is 5.81. The molecule has 0 aromatic heterocycles. The van der Waals surface area contributed by atoms with Crippen molar-refractivity contribution in [2.75, 3.05) is 13.7 Å². The first-order valence-electron chi connectivity index (χ1n) is 9.06. The quantitative estimate of drug-likeness (QED) is 0.488. The summed E-state index contributed by atoms with van der Waals surface area (Å²) in [5.74, 6) is 1.51. The first-order valence-corrected chi connectivity index (χ1v) is 9.06. The van der Waals surface area contributed by atoms with Gasteiger partial charge in [-0.1, -0.05) is 37.8 Å². The number of ether oxygens (including phenoxy) is 3. The third-order valence-electron chi connectivity index (χ3n) is 4.58. The molecule has 2 unspecified atom stereocenters. The van der Waals surface area contributed by atoms with Gasteiger partial charge in [0, 0.05) is 12.0 Å². The van der Waals surface area contributed by atoms with E-state index in [9.17, 15) is 4.79 Å². The molecule has 2 aromatic carbocycles. The van der Waals surface area contributed by atoms with Crippen molar-refractivity contribution in [1.82, 2.24) is 0 Å². The topological polar surface area (TPSA) is 44.8 Å². The Morgan fingerprint density at radius 1 is 1.04 bits per heavy atom. The Morgan fingerprint density at radius 3 is 2.07 bits per heavy atom. The summed E-state index contributed by atoms with van der Waals surface area (Å²) in [5.41, 5.74) is 4.63. The fourth-order valence-electron chi connectivity index (χ4n) is 2.95. The Kier molecular flexibility index (Phi) is 7.05. The van der Waals surface area contributed by atoms with E-state index < -0.39 is 5.97 Å². The summed E-state index contributed by atoms with van der Waals surface area (Å²) in [6.45, 7) is 11.7. The number of rotatable bonds is 8. The Bertz CT molecular complexity index is 810. The minimum Gasteiger partial charge on any atom is -0.496 e. The third-order valence-corrected chi connectivity index (χ3v) is 4.58. The van der Waals surface area contributed by atoms with Crippen LogP contribution in [0.4, 0.5) is 0 Å². The highest BCUT2D eigenvalue weighted by atomic mass is 16.6. The lowest BCUT2D eigenvalue weighted by atomic mass is 9.91. The van der Waals surface area contributed by atoms with E-state index in [1.54, 1.807) is 14.0 Å². The van der Waals surface area contributed by atoms with Gasteiger partial charge in [0.15, 0.2) is 0 Å². The molecule has 0 saturated carbocycles. The van der Waals surface area contributed by atoms with Gasteiger partial charge in [-0.15, -0.1) is 0 Å². The molecular weight excluding hydrogens is 340 g/mol. The lowest BCUT2D eigenvalue weighted by Crippen LogP contribution is -2.21. The van der Waals surface area contributed by atoms with Crippen LogP contribution >= 0.6 is 0 Å². The SMILES string of the molecule is C=CC(=O)OC(C)COc1ccc(C(C)c2ccc(OC)c(C)c2)cc1C. The van der Waals surface area contributed by atoms with E-state index in [0.717, 1.165) is 28.7 Å². The van der Waals surface area contributed by atoms with Crippen LogP contribution in [0.2, 0.25) is 0 Å². The van der Waals surface area contributed by atoms with Crippen LogP contribution in [0, 0.1) is 13.8 Å². The van der Waals surface area contributed by atoms with E-state index in [0.29, 0.717) is 6.61 Å². The standard InChI is InChI=1S/C23H28O4/c1-7-23(24)27-17(4)14-26-22-11-9-20(13-16(22)3)18(5)19-8-10-21(25-6)15(2)12-19/h7-13,17-18H,1,14H2,2-6H3. The maximum atomic E-state index is 11.2. The molecule has 27 heavy (non-hydrogen) atoms. The Morgan fingerprint density at radius 2 is 1.59 bits per heavy atom. The van der Waals surface area contributed by atoms with Crippen molar-refractivity contribution in [2.45, 2.75) is 39.7 Å². The lowest BCUT2D eigenvalue weighted by Gasteiger charge is -2.18. The molecule has 4 nitrogen and oxygen atoms in total. The number of hydrogen-bond donors (Lipinski definition) is 0. The van der Waals surface area contributed by atoms with Crippen molar-refractivity contribution in [2.24, 2.45) is 0 Å². The van der Waals surface area contributed by atoms with Crippen molar-refractivity contribution in [3.63, 3.8) is 0 Å². The maximum absolute atomic E-state index is 11.2. The Balaban J connectivity index is 2.08. The average Bonchev–Trinajstić information content (AvgIpc) is 2.66. The number of methoxy groups -OCH3 is 1. The molecule has 2 atom stereocenters. The van der Waals surface area contributed by atoms with Crippen molar-refractivity contribution in [3.8, 4) is 11.5 Å². The lowest BCUT2D eigenvalue weighted by molar-refractivity contribution is -0.143. The van der Waals surface area contributed by atoms with Crippen LogP contribution in [0.15, 0.2) is 49.1 Å². The van der Waals surface area contributed by atoms with Gasteiger partial charge in [-0.3, -0.25) is 0 Å². The molecule has 2 aromatic rings. The Labute approximate surface area is 161 Å². The Hall–Kier alpha value is -2.75. The maximum Gasteiger partial charge on any atom is 0.330 e. The second-order valence-corrected chi connectivity index (χ2v) is 6.74.